The van der Waals surface area contributed by atoms with Crippen LogP contribution in [0, 0.1) is 16.0 Å². The Labute approximate surface area is 171 Å². The lowest BCUT2D eigenvalue weighted by Crippen LogP contribution is -2.44. The molecule has 2 amide bonds. The highest BCUT2D eigenvalue weighted by Crippen LogP contribution is 2.21. The zero-order valence-corrected chi connectivity index (χ0v) is 17.5. The predicted octanol–water partition coefficient (Wildman–Crippen LogP) is 3.71. The lowest BCUT2D eigenvalue weighted by atomic mass is 9.97. The summed E-state index contributed by atoms with van der Waals surface area (Å²) in [6.07, 6.45) is 4.25. The van der Waals surface area contributed by atoms with Crippen LogP contribution in [0.25, 0.3) is 6.08 Å². The minimum Gasteiger partial charge on any atom is -0.444 e. The van der Waals surface area contributed by atoms with Crippen LogP contribution in [0.4, 0.5) is 10.5 Å². The van der Waals surface area contributed by atoms with Gasteiger partial charge in [0.1, 0.15) is 5.60 Å². The number of hydrogen-bond donors (Lipinski definition) is 0. The van der Waals surface area contributed by atoms with Crippen molar-refractivity contribution in [2.75, 3.05) is 26.7 Å². The van der Waals surface area contributed by atoms with E-state index >= 15 is 0 Å². The third-order valence-electron chi connectivity index (χ3n) is 4.61. The van der Waals surface area contributed by atoms with E-state index in [1.807, 2.05) is 20.8 Å². The molecule has 29 heavy (non-hydrogen) atoms. The summed E-state index contributed by atoms with van der Waals surface area (Å²) in [6.45, 7) is 7.14. The highest BCUT2D eigenvalue weighted by atomic mass is 16.6. The van der Waals surface area contributed by atoms with Gasteiger partial charge in [-0.15, -0.1) is 0 Å². The molecule has 1 fully saturated rings. The molecule has 1 heterocycles. The number of ether oxygens (including phenoxy) is 1. The van der Waals surface area contributed by atoms with Gasteiger partial charge in [-0.2, -0.15) is 0 Å². The molecule has 1 aromatic rings. The van der Waals surface area contributed by atoms with Crippen molar-refractivity contribution in [2.45, 2.75) is 39.2 Å². The monoisotopic (exact) mass is 403 g/mol. The molecule has 158 valence electrons. The number of likely N-dealkylation sites (tertiary alicyclic amines) is 1. The Hall–Kier alpha value is -2.90. The zero-order valence-electron chi connectivity index (χ0n) is 17.5. The lowest BCUT2D eigenvalue weighted by Gasteiger charge is -2.34. The van der Waals surface area contributed by atoms with Crippen molar-refractivity contribution >= 4 is 23.8 Å². The summed E-state index contributed by atoms with van der Waals surface area (Å²) >= 11 is 0. The fourth-order valence-electron chi connectivity index (χ4n) is 3.28. The van der Waals surface area contributed by atoms with Gasteiger partial charge in [-0.3, -0.25) is 14.9 Å². The van der Waals surface area contributed by atoms with E-state index < -0.39 is 10.5 Å². The molecule has 1 saturated heterocycles. The Morgan fingerprint density at radius 1 is 1.34 bits per heavy atom. The summed E-state index contributed by atoms with van der Waals surface area (Å²) in [5, 5.41) is 11.1. The molecule has 8 nitrogen and oxygen atoms in total. The predicted molar refractivity (Wildman–Crippen MR) is 110 cm³/mol. The normalized spacial score (nSPS) is 17.2. The summed E-state index contributed by atoms with van der Waals surface area (Å²) in [4.78, 5) is 38.6. The molecule has 0 saturated carbocycles. The Morgan fingerprint density at radius 3 is 2.69 bits per heavy atom. The first kappa shape index (κ1) is 22.4. The van der Waals surface area contributed by atoms with E-state index in [1.54, 1.807) is 35.0 Å². The van der Waals surface area contributed by atoms with Gasteiger partial charge in [0.2, 0.25) is 5.91 Å². The molecule has 0 aliphatic carbocycles. The summed E-state index contributed by atoms with van der Waals surface area (Å²) in [5.74, 6) is -0.0301. The summed E-state index contributed by atoms with van der Waals surface area (Å²) in [5.41, 5.74) is -0.193. The van der Waals surface area contributed by atoms with Gasteiger partial charge in [-0.25, -0.2) is 4.79 Å². The van der Waals surface area contributed by atoms with Crippen LogP contribution in [0.1, 0.15) is 39.2 Å². The van der Waals surface area contributed by atoms with Crippen molar-refractivity contribution in [3.63, 3.8) is 0 Å². The fraction of sp³-hybridized carbons (Fsp3) is 0.524. The largest absolute Gasteiger partial charge is 0.444 e. The molecule has 1 atom stereocenters. The van der Waals surface area contributed by atoms with Crippen LogP contribution >= 0.6 is 0 Å². The first-order chi connectivity index (χ1) is 13.6. The first-order valence-electron chi connectivity index (χ1n) is 9.71. The first-order valence-corrected chi connectivity index (χ1v) is 9.71. The van der Waals surface area contributed by atoms with Crippen molar-refractivity contribution in [1.29, 1.82) is 0 Å². The van der Waals surface area contributed by atoms with Gasteiger partial charge >= 0.3 is 6.09 Å². The maximum Gasteiger partial charge on any atom is 0.410 e. The summed E-state index contributed by atoms with van der Waals surface area (Å²) in [6, 6.07) is 6.30. The number of nitrogens with zero attached hydrogens (tertiary/aromatic N) is 3. The number of nitro benzene ring substituents is 1. The van der Waals surface area contributed by atoms with E-state index in [4.69, 9.17) is 4.74 Å². The highest BCUT2D eigenvalue weighted by Gasteiger charge is 2.26. The molecular formula is C21H29N3O5. The molecule has 0 N–H and O–H groups in total. The van der Waals surface area contributed by atoms with Crippen LogP contribution in [0.5, 0.6) is 0 Å². The number of amides is 2. The smallest absolute Gasteiger partial charge is 0.410 e. The van der Waals surface area contributed by atoms with E-state index in [9.17, 15) is 19.7 Å². The number of hydrogen-bond acceptors (Lipinski definition) is 5. The Bertz CT molecular complexity index is 785. The number of nitro groups is 1. The zero-order chi connectivity index (χ0) is 21.6. The van der Waals surface area contributed by atoms with Gasteiger partial charge in [0.15, 0.2) is 0 Å². The number of rotatable bonds is 5. The SMILES string of the molecule is CN(CC1CCCN(C(=O)C=Cc2ccccc2[N+](=O)[O-])C1)C(=O)OC(C)(C)C. The van der Waals surface area contributed by atoms with Crippen molar-refractivity contribution in [2.24, 2.45) is 5.92 Å². The standard InChI is InChI=1S/C21H29N3O5/c1-21(2,3)29-20(26)22(4)14-16-8-7-13-23(15-16)19(25)12-11-17-9-5-6-10-18(17)24(27)28/h5-6,9-12,16H,7-8,13-15H2,1-4H3. The van der Waals surface area contributed by atoms with Crippen LogP contribution in [-0.2, 0) is 9.53 Å². The average molecular weight is 403 g/mol. The maximum atomic E-state index is 12.6. The number of carbonyl (C=O) groups excluding carboxylic acids is 2. The van der Waals surface area contributed by atoms with Crippen molar-refractivity contribution < 1.29 is 19.2 Å². The summed E-state index contributed by atoms with van der Waals surface area (Å²) in [7, 11) is 1.70. The molecule has 1 aromatic carbocycles. The van der Waals surface area contributed by atoms with Gasteiger partial charge in [0, 0.05) is 38.8 Å². The van der Waals surface area contributed by atoms with Crippen LogP contribution in [0.3, 0.4) is 0 Å². The van der Waals surface area contributed by atoms with Gasteiger partial charge in [0.25, 0.3) is 5.69 Å². The van der Waals surface area contributed by atoms with Crippen molar-refractivity contribution in [1.82, 2.24) is 9.80 Å². The molecule has 1 unspecified atom stereocenters. The number of carbonyl (C=O) groups is 2. The van der Waals surface area contributed by atoms with Crippen LogP contribution < -0.4 is 0 Å². The van der Waals surface area contributed by atoms with Crippen molar-refractivity contribution in [3.8, 4) is 0 Å². The van der Waals surface area contributed by atoms with Crippen LogP contribution in [0.2, 0.25) is 0 Å². The molecule has 1 aliphatic heterocycles. The van der Waals surface area contributed by atoms with E-state index in [-0.39, 0.29) is 23.6 Å². The minimum absolute atomic E-state index is 0.0351. The Morgan fingerprint density at radius 2 is 2.03 bits per heavy atom. The van der Waals surface area contributed by atoms with Crippen LogP contribution in [0.15, 0.2) is 30.3 Å². The number of para-hydroxylation sites is 1. The average Bonchev–Trinajstić information content (AvgIpc) is 2.65. The third-order valence-corrected chi connectivity index (χ3v) is 4.61. The maximum absolute atomic E-state index is 12.6. The number of benzene rings is 1. The highest BCUT2D eigenvalue weighted by molar-refractivity contribution is 5.92. The molecule has 0 radical (unpaired) electrons. The molecule has 0 bridgehead atoms. The topological polar surface area (TPSA) is 93.0 Å². The fourth-order valence-corrected chi connectivity index (χ4v) is 3.28. The summed E-state index contributed by atoms with van der Waals surface area (Å²) < 4.78 is 5.37. The van der Waals surface area contributed by atoms with E-state index in [0.717, 1.165) is 12.8 Å². The quantitative estimate of drug-likeness (QED) is 0.424. The van der Waals surface area contributed by atoms with Gasteiger partial charge in [0.05, 0.1) is 10.5 Å². The van der Waals surface area contributed by atoms with E-state index in [2.05, 4.69) is 0 Å². The lowest BCUT2D eigenvalue weighted by molar-refractivity contribution is -0.385. The van der Waals surface area contributed by atoms with Crippen molar-refractivity contribution in [3.05, 3.63) is 46.0 Å². The van der Waals surface area contributed by atoms with Gasteiger partial charge in [-0.05, 0) is 51.7 Å². The Balaban J connectivity index is 1.96. The molecule has 2 rings (SSSR count). The second kappa shape index (κ2) is 9.54. The number of piperidine rings is 1. The van der Waals surface area contributed by atoms with E-state index in [0.29, 0.717) is 25.2 Å². The second-order valence-electron chi connectivity index (χ2n) is 8.30. The van der Waals surface area contributed by atoms with Gasteiger partial charge < -0.3 is 14.5 Å². The molecule has 0 spiro atoms. The molecule has 8 heteroatoms. The molecule has 1 aliphatic rings. The van der Waals surface area contributed by atoms with Crippen LogP contribution in [-0.4, -0.2) is 59.0 Å². The third kappa shape index (κ3) is 6.89. The van der Waals surface area contributed by atoms with E-state index in [1.165, 1.54) is 18.2 Å². The van der Waals surface area contributed by atoms with Gasteiger partial charge in [-0.1, -0.05) is 12.1 Å². The second-order valence-corrected chi connectivity index (χ2v) is 8.30. The molecular weight excluding hydrogens is 374 g/mol. The minimum atomic E-state index is -0.551. The Kier molecular flexibility index (Phi) is 7.36. The molecule has 0 aromatic heterocycles.